The number of aryl methyl sites for hydroxylation is 1. The van der Waals surface area contributed by atoms with Gasteiger partial charge in [-0.2, -0.15) is 5.10 Å². The van der Waals surface area contributed by atoms with Crippen molar-refractivity contribution in [3.63, 3.8) is 0 Å². The second-order valence-electron chi connectivity index (χ2n) is 5.32. The normalized spacial score (nSPS) is 10.5. The van der Waals surface area contributed by atoms with Crippen LogP contribution in [-0.4, -0.2) is 29.4 Å². The summed E-state index contributed by atoms with van der Waals surface area (Å²) in [5.74, 6) is 2.22. The number of nitrogens with zero attached hydrogens (tertiary/aromatic N) is 2. The lowest BCUT2D eigenvalue weighted by Gasteiger charge is -2.10. The first-order valence-corrected chi connectivity index (χ1v) is 7.77. The number of benzene rings is 1. The van der Waals surface area contributed by atoms with Crippen LogP contribution in [0.5, 0.6) is 11.5 Å². The number of ether oxygens (including phenoxy) is 2. The molecular weight excluding hydrogens is 322 g/mol. The third-order valence-corrected chi connectivity index (χ3v) is 3.62. The maximum atomic E-state index is 11.9. The maximum Gasteiger partial charge on any atom is 0.258 e. The van der Waals surface area contributed by atoms with Gasteiger partial charge in [-0.05, 0) is 30.3 Å². The van der Waals surface area contributed by atoms with Gasteiger partial charge in [-0.15, -0.1) is 0 Å². The molecule has 0 bridgehead atoms. The summed E-state index contributed by atoms with van der Waals surface area (Å²) in [6.07, 6.45) is 1.70. The summed E-state index contributed by atoms with van der Waals surface area (Å²) in [5, 5.41) is 6.86. The van der Waals surface area contributed by atoms with Gasteiger partial charge in [0, 0.05) is 13.2 Å². The van der Waals surface area contributed by atoms with Crippen LogP contribution in [0.3, 0.4) is 0 Å². The molecule has 1 amide bonds. The minimum Gasteiger partial charge on any atom is -0.493 e. The van der Waals surface area contributed by atoms with Crippen LogP contribution in [-0.2, 0) is 18.4 Å². The Labute approximate surface area is 145 Å². The largest absolute Gasteiger partial charge is 0.493 e. The Bertz CT molecular complexity index is 853. The van der Waals surface area contributed by atoms with E-state index in [9.17, 15) is 4.79 Å². The summed E-state index contributed by atoms with van der Waals surface area (Å²) in [5.41, 5.74) is 0.872. The molecule has 0 unspecified atom stereocenters. The molecule has 0 fully saturated rings. The summed E-state index contributed by atoms with van der Waals surface area (Å²) in [4.78, 5) is 11.9. The molecule has 3 rings (SSSR count). The van der Waals surface area contributed by atoms with Gasteiger partial charge < -0.3 is 19.2 Å². The molecule has 2 aromatic heterocycles. The minimum atomic E-state index is -0.246. The van der Waals surface area contributed by atoms with Crippen molar-refractivity contribution in [1.82, 2.24) is 15.1 Å². The number of para-hydroxylation sites is 2. The molecule has 0 aliphatic carbocycles. The first kappa shape index (κ1) is 16.6. The van der Waals surface area contributed by atoms with Crippen molar-refractivity contribution in [2.24, 2.45) is 7.05 Å². The highest BCUT2D eigenvalue weighted by Gasteiger charge is 2.10. The third kappa shape index (κ3) is 4.00. The zero-order chi connectivity index (χ0) is 17.6. The van der Waals surface area contributed by atoms with E-state index in [1.807, 2.05) is 37.4 Å². The Morgan fingerprint density at radius 2 is 2.00 bits per heavy atom. The molecule has 1 N–H and O–H groups in total. The standard InChI is InChI=1S/C18H19N3O4/c1-21-14(9-10-20-21)15-8-7-13(25-15)11-19-18(22)12-24-17-6-4-3-5-16(17)23-2/h3-10H,11-12H2,1-2H3,(H,19,22). The van der Waals surface area contributed by atoms with Gasteiger partial charge in [0.15, 0.2) is 23.9 Å². The third-order valence-electron chi connectivity index (χ3n) is 3.62. The average molecular weight is 341 g/mol. The number of amides is 1. The fourth-order valence-electron chi connectivity index (χ4n) is 2.34. The maximum absolute atomic E-state index is 11.9. The van der Waals surface area contributed by atoms with Crippen molar-refractivity contribution in [2.75, 3.05) is 13.7 Å². The lowest BCUT2D eigenvalue weighted by molar-refractivity contribution is -0.123. The van der Waals surface area contributed by atoms with Gasteiger partial charge in [-0.1, -0.05) is 12.1 Å². The predicted molar refractivity (Wildman–Crippen MR) is 91.2 cm³/mol. The van der Waals surface area contributed by atoms with Crippen LogP contribution in [0.2, 0.25) is 0 Å². The van der Waals surface area contributed by atoms with Crippen molar-refractivity contribution >= 4 is 5.91 Å². The van der Waals surface area contributed by atoms with Crippen LogP contribution in [0.25, 0.3) is 11.5 Å². The van der Waals surface area contributed by atoms with Crippen LogP contribution in [0, 0.1) is 0 Å². The predicted octanol–water partition coefficient (Wildman–Crippen LogP) is 2.38. The number of rotatable bonds is 7. The fourth-order valence-corrected chi connectivity index (χ4v) is 2.34. The molecule has 0 radical (unpaired) electrons. The summed E-state index contributed by atoms with van der Waals surface area (Å²) in [6, 6.07) is 12.7. The molecule has 0 saturated carbocycles. The topological polar surface area (TPSA) is 78.5 Å². The summed E-state index contributed by atoms with van der Waals surface area (Å²) in [6.45, 7) is 0.182. The molecule has 0 aliphatic rings. The van der Waals surface area contributed by atoms with E-state index in [1.165, 1.54) is 0 Å². The van der Waals surface area contributed by atoms with Crippen LogP contribution in [0.1, 0.15) is 5.76 Å². The van der Waals surface area contributed by atoms with Crippen LogP contribution in [0.4, 0.5) is 0 Å². The number of carbonyl (C=O) groups is 1. The van der Waals surface area contributed by atoms with E-state index in [0.29, 0.717) is 23.0 Å². The highest BCUT2D eigenvalue weighted by Crippen LogP contribution is 2.25. The average Bonchev–Trinajstić information content (AvgIpc) is 3.26. The first-order valence-electron chi connectivity index (χ1n) is 7.77. The molecule has 0 aliphatic heterocycles. The summed E-state index contributed by atoms with van der Waals surface area (Å²) >= 11 is 0. The van der Waals surface area contributed by atoms with E-state index in [-0.39, 0.29) is 19.1 Å². The monoisotopic (exact) mass is 341 g/mol. The van der Waals surface area contributed by atoms with E-state index in [4.69, 9.17) is 13.9 Å². The van der Waals surface area contributed by atoms with Gasteiger partial charge in [0.05, 0.1) is 13.7 Å². The fraction of sp³-hybridized carbons (Fsp3) is 0.222. The van der Waals surface area contributed by atoms with Gasteiger partial charge in [0.25, 0.3) is 5.91 Å². The number of nitrogens with one attached hydrogen (secondary N) is 1. The number of carbonyl (C=O) groups excluding carboxylic acids is 1. The second kappa shape index (κ2) is 7.57. The highest BCUT2D eigenvalue weighted by atomic mass is 16.5. The highest BCUT2D eigenvalue weighted by molar-refractivity contribution is 5.77. The quantitative estimate of drug-likeness (QED) is 0.714. The summed E-state index contributed by atoms with van der Waals surface area (Å²) in [7, 11) is 3.40. The van der Waals surface area contributed by atoms with E-state index >= 15 is 0 Å². The SMILES string of the molecule is COc1ccccc1OCC(=O)NCc1ccc(-c2ccnn2C)o1. The van der Waals surface area contributed by atoms with Gasteiger partial charge in [0.2, 0.25) is 0 Å². The number of hydrogen-bond acceptors (Lipinski definition) is 5. The lowest BCUT2D eigenvalue weighted by atomic mass is 10.3. The van der Waals surface area contributed by atoms with Gasteiger partial charge in [-0.25, -0.2) is 0 Å². The smallest absolute Gasteiger partial charge is 0.258 e. The molecular formula is C18H19N3O4. The van der Waals surface area contributed by atoms with E-state index in [1.54, 1.807) is 30.1 Å². The Morgan fingerprint density at radius 1 is 1.20 bits per heavy atom. The molecule has 0 atom stereocenters. The van der Waals surface area contributed by atoms with E-state index < -0.39 is 0 Å². The number of aromatic nitrogens is 2. The Balaban J connectivity index is 1.51. The number of hydrogen-bond donors (Lipinski definition) is 1. The molecule has 0 saturated heterocycles. The van der Waals surface area contributed by atoms with Crippen molar-refractivity contribution in [1.29, 1.82) is 0 Å². The molecule has 7 heteroatoms. The second-order valence-corrected chi connectivity index (χ2v) is 5.32. The van der Waals surface area contributed by atoms with Gasteiger partial charge in [0.1, 0.15) is 11.5 Å². The Morgan fingerprint density at radius 3 is 2.72 bits per heavy atom. The van der Waals surface area contributed by atoms with Crippen molar-refractivity contribution in [3.8, 4) is 23.0 Å². The van der Waals surface area contributed by atoms with Crippen molar-refractivity contribution in [2.45, 2.75) is 6.54 Å². The Hall–Kier alpha value is -3.22. The van der Waals surface area contributed by atoms with Crippen molar-refractivity contribution in [3.05, 3.63) is 54.4 Å². The van der Waals surface area contributed by atoms with Crippen LogP contribution in [0.15, 0.2) is 53.1 Å². The molecule has 130 valence electrons. The molecule has 1 aromatic carbocycles. The van der Waals surface area contributed by atoms with Crippen LogP contribution < -0.4 is 14.8 Å². The lowest BCUT2D eigenvalue weighted by Crippen LogP contribution is -2.28. The summed E-state index contributed by atoms with van der Waals surface area (Å²) < 4.78 is 18.1. The molecule has 25 heavy (non-hydrogen) atoms. The number of methoxy groups -OCH3 is 1. The zero-order valence-corrected chi connectivity index (χ0v) is 14.1. The van der Waals surface area contributed by atoms with Gasteiger partial charge >= 0.3 is 0 Å². The van der Waals surface area contributed by atoms with E-state index in [0.717, 1.165) is 5.69 Å². The number of furan rings is 1. The first-order chi connectivity index (χ1) is 12.2. The Kier molecular flexibility index (Phi) is 5.03. The van der Waals surface area contributed by atoms with Crippen molar-refractivity contribution < 1.29 is 18.7 Å². The van der Waals surface area contributed by atoms with Gasteiger partial charge in [-0.3, -0.25) is 9.48 Å². The zero-order valence-electron chi connectivity index (χ0n) is 14.1. The van der Waals surface area contributed by atoms with Crippen LogP contribution >= 0.6 is 0 Å². The van der Waals surface area contributed by atoms with E-state index in [2.05, 4.69) is 10.4 Å². The molecule has 0 spiro atoms. The molecule has 3 aromatic rings. The molecule has 7 nitrogen and oxygen atoms in total. The molecule has 2 heterocycles. The minimum absolute atomic E-state index is 0.102.